The maximum atomic E-state index is 12.2. The van der Waals surface area contributed by atoms with E-state index in [1.165, 1.54) is 10.9 Å². The molecule has 118 valence electrons. The van der Waals surface area contributed by atoms with Gasteiger partial charge in [-0.15, -0.1) is 0 Å². The number of H-pyrrole nitrogens is 1. The summed E-state index contributed by atoms with van der Waals surface area (Å²) in [7, 11) is 1.66. The molecule has 2 heterocycles. The zero-order chi connectivity index (χ0) is 15.9. The Morgan fingerprint density at radius 3 is 2.77 bits per heavy atom. The second-order valence-electron chi connectivity index (χ2n) is 6.65. The molecule has 1 aromatic carbocycles. The number of aromatic nitrogens is 1. The van der Waals surface area contributed by atoms with Crippen molar-refractivity contribution < 1.29 is 14.3 Å². The van der Waals surface area contributed by atoms with Gasteiger partial charge in [-0.1, -0.05) is 0 Å². The van der Waals surface area contributed by atoms with Gasteiger partial charge in [-0.2, -0.15) is 0 Å². The van der Waals surface area contributed by atoms with Crippen LogP contribution in [0.3, 0.4) is 0 Å². The topological polar surface area (TPSA) is 54.6 Å². The molecule has 0 atom stereocenters. The van der Waals surface area contributed by atoms with Crippen LogP contribution in [-0.4, -0.2) is 35.2 Å². The van der Waals surface area contributed by atoms with Gasteiger partial charge in [0.1, 0.15) is 11.4 Å². The van der Waals surface area contributed by atoms with E-state index < -0.39 is 5.60 Å². The summed E-state index contributed by atoms with van der Waals surface area (Å²) in [5.74, 6) is 0.829. The Labute approximate surface area is 130 Å². The lowest BCUT2D eigenvalue weighted by molar-refractivity contribution is 0.0222. The van der Waals surface area contributed by atoms with Gasteiger partial charge in [0.05, 0.1) is 13.7 Å². The number of hydrogen-bond acceptors (Lipinski definition) is 3. The molecule has 1 aliphatic rings. The molecule has 2 aromatic rings. The fourth-order valence-corrected chi connectivity index (χ4v) is 2.84. The Morgan fingerprint density at radius 1 is 1.32 bits per heavy atom. The molecule has 0 radical (unpaired) electrons. The lowest BCUT2D eigenvalue weighted by atomic mass is 10.0. The number of amides is 1. The highest BCUT2D eigenvalue weighted by Gasteiger charge is 2.27. The molecule has 1 aliphatic heterocycles. The number of nitrogens with zero attached hydrogens (tertiary/aromatic N) is 1. The first-order valence-electron chi connectivity index (χ1n) is 7.53. The monoisotopic (exact) mass is 302 g/mol. The summed E-state index contributed by atoms with van der Waals surface area (Å²) in [5.41, 5.74) is 2.96. The highest BCUT2D eigenvalue weighted by atomic mass is 16.6. The molecular formula is C17H22N2O3. The fraction of sp³-hybridized carbons (Fsp3) is 0.471. The van der Waals surface area contributed by atoms with E-state index in [2.05, 4.69) is 11.1 Å². The molecule has 1 aromatic heterocycles. The SMILES string of the molecule is COc1ccc2c3c([nH]c2c1)CN(C(=O)OC(C)(C)C)CC3. The molecule has 3 rings (SSSR count). The van der Waals surface area contributed by atoms with Crippen molar-refractivity contribution in [3.63, 3.8) is 0 Å². The Kier molecular flexibility index (Phi) is 3.51. The highest BCUT2D eigenvalue weighted by Crippen LogP contribution is 2.30. The van der Waals surface area contributed by atoms with Gasteiger partial charge in [-0.25, -0.2) is 4.79 Å². The molecule has 5 nitrogen and oxygen atoms in total. The molecule has 0 fully saturated rings. The highest BCUT2D eigenvalue weighted by molar-refractivity contribution is 5.86. The number of fused-ring (bicyclic) bond motifs is 3. The fourth-order valence-electron chi connectivity index (χ4n) is 2.84. The van der Waals surface area contributed by atoms with Crippen molar-refractivity contribution in [2.24, 2.45) is 0 Å². The number of carbonyl (C=O) groups is 1. The van der Waals surface area contributed by atoms with Crippen LogP contribution in [-0.2, 0) is 17.7 Å². The largest absolute Gasteiger partial charge is 0.497 e. The van der Waals surface area contributed by atoms with Gasteiger partial charge >= 0.3 is 6.09 Å². The van der Waals surface area contributed by atoms with Gasteiger partial charge in [0.25, 0.3) is 0 Å². The first-order chi connectivity index (χ1) is 10.4. The van der Waals surface area contributed by atoms with E-state index in [-0.39, 0.29) is 6.09 Å². The number of benzene rings is 1. The molecule has 22 heavy (non-hydrogen) atoms. The smallest absolute Gasteiger partial charge is 0.410 e. The summed E-state index contributed by atoms with van der Waals surface area (Å²) < 4.78 is 10.7. The first-order valence-corrected chi connectivity index (χ1v) is 7.53. The molecule has 0 saturated heterocycles. The van der Waals surface area contributed by atoms with Crippen LogP contribution in [0.25, 0.3) is 10.9 Å². The van der Waals surface area contributed by atoms with Crippen LogP contribution in [0.15, 0.2) is 18.2 Å². The van der Waals surface area contributed by atoms with Crippen molar-refractivity contribution in [2.45, 2.75) is 39.3 Å². The van der Waals surface area contributed by atoms with Crippen molar-refractivity contribution in [3.8, 4) is 5.75 Å². The Balaban J connectivity index is 1.85. The normalized spacial score (nSPS) is 14.8. The number of hydrogen-bond donors (Lipinski definition) is 1. The van der Waals surface area contributed by atoms with E-state index in [0.717, 1.165) is 23.4 Å². The molecule has 0 saturated carbocycles. The zero-order valence-corrected chi connectivity index (χ0v) is 13.5. The van der Waals surface area contributed by atoms with E-state index >= 15 is 0 Å². The molecule has 5 heteroatoms. The van der Waals surface area contributed by atoms with Crippen LogP contribution in [0, 0.1) is 0 Å². The average Bonchev–Trinajstić information content (AvgIpc) is 2.81. The molecule has 0 bridgehead atoms. The van der Waals surface area contributed by atoms with Crippen molar-refractivity contribution in [2.75, 3.05) is 13.7 Å². The molecule has 0 unspecified atom stereocenters. The second-order valence-corrected chi connectivity index (χ2v) is 6.65. The van der Waals surface area contributed by atoms with Crippen LogP contribution in [0.2, 0.25) is 0 Å². The van der Waals surface area contributed by atoms with E-state index in [1.807, 2.05) is 32.9 Å². The number of ether oxygens (including phenoxy) is 2. The maximum Gasteiger partial charge on any atom is 0.410 e. The minimum atomic E-state index is -0.467. The lowest BCUT2D eigenvalue weighted by Crippen LogP contribution is -2.39. The predicted octanol–water partition coefficient (Wildman–Crippen LogP) is 3.47. The van der Waals surface area contributed by atoms with E-state index in [4.69, 9.17) is 9.47 Å². The van der Waals surface area contributed by atoms with E-state index in [9.17, 15) is 4.79 Å². The minimum Gasteiger partial charge on any atom is -0.497 e. The lowest BCUT2D eigenvalue weighted by Gasteiger charge is -2.30. The second kappa shape index (κ2) is 5.23. The summed E-state index contributed by atoms with van der Waals surface area (Å²) in [6.07, 6.45) is 0.579. The molecule has 1 N–H and O–H groups in total. The number of rotatable bonds is 1. The minimum absolute atomic E-state index is 0.255. The van der Waals surface area contributed by atoms with Crippen molar-refractivity contribution in [1.29, 1.82) is 0 Å². The summed E-state index contributed by atoms with van der Waals surface area (Å²) in [4.78, 5) is 17.4. The van der Waals surface area contributed by atoms with Crippen LogP contribution in [0.5, 0.6) is 5.75 Å². The van der Waals surface area contributed by atoms with Gasteiger partial charge in [0.2, 0.25) is 0 Å². The average molecular weight is 302 g/mol. The zero-order valence-electron chi connectivity index (χ0n) is 13.5. The molecule has 0 aliphatic carbocycles. The number of methoxy groups -OCH3 is 1. The molecular weight excluding hydrogens is 280 g/mol. The molecule has 1 amide bonds. The Bertz CT molecular complexity index is 712. The van der Waals surface area contributed by atoms with Crippen molar-refractivity contribution in [1.82, 2.24) is 9.88 Å². The van der Waals surface area contributed by atoms with E-state index in [1.54, 1.807) is 12.0 Å². The number of nitrogens with one attached hydrogen (secondary N) is 1. The van der Waals surface area contributed by atoms with Crippen molar-refractivity contribution >= 4 is 17.0 Å². The quantitative estimate of drug-likeness (QED) is 0.877. The third-order valence-corrected chi connectivity index (χ3v) is 3.83. The van der Waals surface area contributed by atoms with Gasteiger partial charge in [-0.05, 0) is 44.9 Å². The van der Waals surface area contributed by atoms with Gasteiger partial charge in [-0.3, -0.25) is 0 Å². The molecule has 0 spiro atoms. The van der Waals surface area contributed by atoms with Crippen LogP contribution < -0.4 is 4.74 Å². The number of carbonyl (C=O) groups excluding carboxylic acids is 1. The van der Waals surface area contributed by atoms with E-state index in [0.29, 0.717) is 13.1 Å². The summed E-state index contributed by atoms with van der Waals surface area (Å²) in [6, 6.07) is 6.04. The first kappa shape index (κ1) is 14.8. The standard InChI is InChI=1S/C17H22N2O3/c1-17(2,3)22-16(20)19-8-7-13-12-6-5-11(21-4)9-14(12)18-15(13)10-19/h5-6,9,18H,7-8,10H2,1-4H3. The maximum absolute atomic E-state index is 12.2. The van der Waals surface area contributed by atoms with Crippen LogP contribution in [0.1, 0.15) is 32.0 Å². The summed E-state index contributed by atoms with van der Waals surface area (Å²) in [6.45, 7) is 6.89. The third kappa shape index (κ3) is 2.75. The van der Waals surface area contributed by atoms with Crippen LogP contribution >= 0.6 is 0 Å². The Hall–Kier alpha value is -2.17. The van der Waals surface area contributed by atoms with Crippen LogP contribution in [0.4, 0.5) is 4.79 Å². The summed E-state index contributed by atoms with van der Waals surface area (Å²) >= 11 is 0. The summed E-state index contributed by atoms with van der Waals surface area (Å²) in [5, 5.41) is 1.21. The van der Waals surface area contributed by atoms with Gasteiger partial charge < -0.3 is 19.4 Å². The predicted molar refractivity (Wildman–Crippen MR) is 85.2 cm³/mol. The van der Waals surface area contributed by atoms with Crippen molar-refractivity contribution in [3.05, 3.63) is 29.5 Å². The van der Waals surface area contributed by atoms with Gasteiger partial charge in [0.15, 0.2) is 0 Å². The Morgan fingerprint density at radius 2 is 2.09 bits per heavy atom. The third-order valence-electron chi connectivity index (χ3n) is 3.83. The number of aromatic amines is 1. The van der Waals surface area contributed by atoms with Gasteiger partial charge in [0, 0.05) is 29.2 Å².